The van der Waals surface area contributed by atoms with E-state index in [1.54, 1.807) is 10.7 Å². The highest BCUT2D eigenvalue weighted by Crippen LogP contribution is 2.15. The minimum Gasteiger partial charge on any atom is -0.262 e. The Kier molecular flexibility index (Phi) is 1.93. The fourth-order valence-corrected chi connectivity index (χ4v) is 1.64. The van der Waals surface area contributed by atoms with Crippen LogP contribution >= 0.6 is 0 Å². The molecular weight excluding hydrogens is 200 g/mol. The molecule has 0 aliphatic rings. The van der Waals surface area contributed by atoms with Gasteiger partial charge in [-0.05, 0) is 31.2 Å². The number of hydrogen-bond donors (Lipinski definition) is 0. The standard InChI is InChI=1S/C12H10N4/c1-9-8-10(5-6-13-9)12-14-11-4-2-3-7-16(11)15-12/h2-8H,1H3. The van der Waals surface area contributed by atoms with Gasteiger partial charge in [-0.2, -0.15) is 0 Å². The minimum absolute atomic E-state index is 0.733. The van der Waals surface area contributed by atoms with Crippen LogP contribution in [0.3, 0.4) is 0 Å². The van der Waals surface area contributed by atoms with Gasteiger partial charge in [-0.1, -0.05) is 6.07 Å². The average molecular weight is 210 g/mol. The maximum Gasteiger partial charge on any atom is 0.182 e. The predicted octanol–water partition coefficient (Wildman–Crippen LogP) is 2.10. The van der Waals surface area contributed by atoms with Crippen molar-refractivity contribution in [3.05, 3.63) is 48.4 Å². The van der Waals surface area contributed by atoms with Crippen LogP contribution in [0, 0.1) is 6.92 Å². The number of hydrogen-bond acceptors (Lipinski definition) is 3. The molecule has 0 N–H and O–H groups in total. The van der Waals surface area contributed by atoms with Gasteiger partial charge < -0.3 is 0 Å². The van der Waals surface area contributed by atoms with E-state index in [1.807, 2.05) is 43.5 Å². The van der Waals surface area contributed by atoms with Gasteiger partial charge in [0.15, 0.2) is 11.5 Å². The smallest absolute Gasteiger partial charge is 0.182 e. The molecule has 0 radical (unpaired) electrons. The van der Waals surface area contributed by atoms with Crippen LogP contribution in [0.25, 0.3) is 17.0 Å². The Morgan fingerprint density at radius 3 is 2.94 bits per heavy atom. The molecule has 0 saturated heterocycles. The molecule has 4 heteroatoms. The SMILES string of the molecule is Cc1cc(-c2nc3ccccn3n2)ccn1. The third-order valence-electron chi connectivity index (χ3n) is 2.40. The van der Waals surface area contributed by atoms with E-state index in [2.05, 4.69) is 15.1 Å². The van der Waals surface area contributed by atoms with Crippen LogP contribution in [-0.2, 0) is 0 Å². The Morgan fingerprint density at radius 1 is 1.19 bits per heavy atom. The highest BCUT2D eigenvalue weighted by Gasteiger charge is 2.05. The number of pyridine rings is 2. The van der Waals surface area contributed by atoms with Gasteiger partial charge in [0.2, 0.25) is 0 Å². The van der Waals surface area contributed by atoms with E-state index in [0.29, 0.717) is 0 Å². The van der Waals surface area contributed by atoms with Crippen molar-refractivity contribution in [3.63, 3.8) is 0 Å². The Labute approximate surface area is 92.6 Å². The highest BCUT2D eigenvalue weighted by atomic mass is 15.3. The van der Waals surface area contributed by atoms with E-state index in [1.165, 1.54) is 0 Å². The Bertz CT molecular complexity index is 609. The van der Waals surface area contributed by atoms with Gasteiger partial charge in [-0.25, -0.2) is 9.50 Å². The molecule has 0 aliphatic heterocycles. The molecule has 0 spiro atoms. The van der Waals surface area contributed by atoms with E-state index in [-0.39, 0.29) is 0 Å². The van der Waals surface area contributed by atoms with Gasteiger partial charge in [0.1, 0.15) is 0 Å². The monoisotopic (exact) mass is 210 g/mol. The molecule has 0 fully saturated rings. The number of nitrogens with zero attached hydrogens (tertiary/aromatic N) is 4. The first kappa shape index (κ1) is 9.03. The summed E-state index contributed by atoms with van der Waals surface area (Å²) in [7, 11) is 0. The number of aromatic nitrogens is 4. The summed E-state index contributed by atoms with van der Waals surface area (Å²) in [5.41, 5.74) is 2.82. The van der Waals surface area contributed by atoms with E-state index in [0.717, 1.165) is 22.7 Å². The van der Waals surface area contributed by atoms with Crippen molar-refractivity contribution in [2.24, 2.45) is 0 Å². The molecule has 3 aromatic heterocycles. The molecule has 0 aromatic carbocycles. The predicted molar refractivity (Wildman–Crippen MR) is 61.0 cm³/mol. The lowest BCUT2D eigenvalue weighted by atomic mass is 10.2. The zero-order valence-electron chi connectivity index (χ0n) is 8.83. The molecule has 0 aliphatic carbocycles. The molecule has 4 nitrogen and oxygen atoms in total. The summed E-state index contributed by atoms with van der Waals surface area (Å²) in [6, 6.07) is 9.72. The van der Waals surface area contributed by atoms with Gasteiger partial charge in [-0.15, -0.1) is 5.10 Å². The van der Waals surface area contributed by atoms with Crippen LogP contribution in [0.4, 0.5) is 0 Å². The fourth-order valence-electron chi connectivity index (χ4n) is 1.64. The topological polar surface area (TPSA) is 43.1 Å². The van der Waals surface area contributed by atoms with Crippen molar-refractivity contribution in [2.45, 2.75) is 6.92 Å². The highest BCUT2D eigenvalue weighted by molar-refractivity contribution is 5.57. The van der Waals surface area contributed by atoms with E-state index in [9.17, 15) is 0 Å². The van der Waals surface area contributed by atoms with E-state index in [4.69, 9.17) is 0 Å². The molecule has 78 valence electrons. The molecule has 0 bridgehead atoms. The second-order valence-electron chi connectivity index (χ2n) is 3.62. The maximum atomic E-state index is 4.45. The summed E-state index contributed by atoms with van der Waals surface area (Å²) in [5.74, 6) is 0.733. The molecule has 3 heterocycles. The van der Waals surface area contributed by atoms with E-state index < -0.39 is 0 Å². The summed E-state index contributed by atoms with van der Waals surface area (Å²) in [6.45, 7) is 1.96. The molecule has 0 unspecified atom stereocenters. The summed E-state index contributed by atoms with van der Waals surface area (Å²) < 4.78 is 1.77. The van der Waals surface area contributed by atoms with Crippen LogP contribution in [-0.4, -0.2) is 19.6 Å². The molecule has 0 saturated carbocycles. The molecule has 3 aromatic rings. The molecule has 0 atom stereocenters. The first-order valence-electron chi connectivity index (χ1n) is 5.07. The summed E-state index contributed by atoms with van der Waals surface area (Å²) >= 11 is 0. The van der Waals surface area contributed by atoms with Crippen LogP contribution in [0.5, 0.6) is 0 Å². The summed E-state index contributed by atoms with van der Waals surface area (Å²) in [6.07, 6.45) is 3.66. The Morgan fingerprint density at radius 2 is 2.12 bits per heavy atom. The Hall–Kier alpha value is -2.23. The maximum absolute atomic E-state index is 4.45. The zero-order chi connectivity index (χ0) is 11.0. The third-order valence-corrected chi connectivity index (χ3v) is 2.40. The quantitative estimate of drug-likeness (QED) is 0.617. The summed E-state index contributed by atoms with van der Waals surface area (Å²) in [5, 5.41) is 4.40. The largest absolute Gasteiger partial charge is 0.262 e. The third kappa shape index (κ3) is 1.44. The van der Waals surface area contributed by atoms with E-state index >= 15 is 0 Å². The van der Waals surface area contributed by atoms with Crippen molar-refractivity contribution in [1.29, 1.82) is 0 Å². The normalized spacial score (nSPS) is 10.8. The van der Waals surface area contributed by atoms with Crippen LogP contribution in [0.2, 0.25) is 0 Å². The number of aryl methyl sites for hydroxylation is 1. The van der Waals surface area contributed by atoms with Gasteiger partial charge in [-0.3, -0.25) is 4.98 Å². The molecular formula is C12H10N4. The van der Waals surface area contributed by atoms with Crippen molar-refractivity contribution in [3.8, 4) is 11.4 Å². The number of fused-ring (bicyclic) bond motifs is 1. The van der Waals surface area contributed by atoms with Crippen molar-refractivity contribution >= 4 is 5.65 Å². The summed E-state index contributed by atoms with van der Waals surface area (Å²) in [4.78, 5) is 8.61. The van der Waals surface area contributed by atoms with Crippen molar-refractivity contribution in [1.82, 2.24) is 19.6 Å². The molecule has 16 heavy (non-hydrogen) atoms. The number of rotatable bonds is 1. The molecule has 0 amide bonds. The van der Waals surface area contributed by atoms with Crippen LogP contribution < -0.4 is 0 Å². The average Bonchev–Trinajstić information content (AvgIpc) is 2.72. The second kappa shape index (κ2) is 3.41. The lowest BCUT2D eigenvalue weighted by Crippen LogP contribution is -1.86. The zero-order valence-corrected chi connectivity index (χ0v) is 8.83. The van der Waals surface area contributed by atoms with Gasteiger partial charge in [0, 0.05) is 23.7 Å². The first-order valence-corrected chi connectivity index (χ1v) is 5.07. The van der Waals surface area contributed by atoms with Crippen LogP contribution in [0.15, 0.2) is 42.7 Å². The van der Waals surface area contributed by atoms with Gasteiger partial charge in [0.05, 0.1) is 0 Å². The van der Waals surface area contributed by atoms with Crippen LogP contribution in [0.1, 0.15) is 5.69 Å². The lowest BCUT2D eigenvalue weighted by molar-refractivity contribution is 0.965. The molecule has 3 rings (SSSR count). The first-order chi connectivity index (χ1) is 7.83. The second-order valence-corrected chi connectivity index (χ2v) is 3.62. The van der Waals surface area contributed by atoms with Gasteiger partial charge >= 0.3 is 0 Å². The van der Waals surface area contributed by atoms with Gasteiger partial charge in [0.25, 0.3) is 0 Å². The lowest BCUT2D eigenvalue weighted by Gasteiger charge is -1.94. The Balaban J connectivity index is 2.19. The fraction of sp³-hybridized carbons (Fsp3) is 0.0833. The van der Waals surface area contributed by atoms with Crippen molar-refractivity contribution < 1.29 is 0 Å². The minimum atomic E-state index is 0.733. The van der Waals surface area contributed by atoms with Crippen molar-refractivity contribution in [2.75, 3.05) is 0 Å².